The molecule has 0 saturated heterocycles. The fourth-order valence-electron chi connectivity index (χ4n) is 1.25. The summed E-state index contributed by atoms with van der Waals surface area (Å²) in [6.07, 6.45) is -0.178. The van der Waals surface area contributed by atoms with Crippen LogP contribution in [-0.4, -0.2) is 16.2 Å². The van der Waals surface area contributed by atoms with Crippen LogP contribution in [0.3, 0.4) is 0 Å². The Kier molecular flexibility index (Phi) is 3.83. The fraction of sp³-hybridized carbons (Fsp3) is 0.200. The number of carbonyl (C=O) groups is 1. The van der Waals surface area contributed by atoms with Gasteiger partial charge in [-0.3, -0.25) is 4.79 Å². The van der Waals surface area contributed by atoms with Crippen molar-refractivity contribution in [3.63, 3.8) is 0 Å². The lowest BCUT2D eigenvalue weighted by atomic mass is 10.0. The molecule has 0 aliphatic carbocycles. The van der Waals surface area contributed by atoms with Crippen molar-refractivity contribution in [2.45, 2.75) is 13.0 Å². The second-order valence-corrected chi connectivity index (χ2v) is 3.79. The average molecular weight is 270 g/mol. The van der Waals surface area contributed by atoms with E-state index in [1.165, 1.54) is 12.1 Å². The van der Waals surface area contributed by atoms with E-state index in [-0.39, 0.29) is 13.0 Å². The highest BCUT2D eigenvalue weighted by Gasteiger charge is 2.11. The highest BCUT2D eigenvalue weighted by atomic mass is 79.9. The summed E-state index contributed by atoms with van der Waals surface area (Å²) in [4.78, 5) is 10.6. The minimum atomic E-state index is -0.977. The lowest BCUT2D eigenvalue weighted by molar-refractivity contribution is -0.136. The lowest BCUT2D eigenvalue weighted by Crippen LogP contribution is -2.05. The minimum absolute atomic E-state index is 0.178. The summed E-state index contributed by atoms with van der Waals surface area (Å²) >= 11 is 3.18. The van der Waals surface area contributed by atoms with Crippen LogP contribution in [0, 0.1) is 11.3 Å². The van der Waals surface area contributed by atoms with Gasteiger partial charge in [0.15, 0.2) is 0 Å². The van der Waals surface area contributed by atoms with Gasteiger partial charge in [0.2, 0.25) is 0 Å². The van der Waals surface area contributed by atoms with Crippen molar-refractivity contribution in [1.29, 1.82) is 5.26 Å². The van der Waals surface area contributed by atoms with Crippen LogP contribution in [0.25, 0.3) is 0 Å². The molecule has 1 aromatic carbocycles. The molecule has 5 heteroatoms. The van der Waals surface area contributed by atoms with Crippen LogP contribution >= 0.6 is 15.9 Å². The number of hydrogen-bond acceptors (Lipinski definition) is 3. The Bertz CT molecular complexity index is 437. The minimum Gasteiger partial charge on any atom is -0.481 e. The molecular weight excluding hydrogens is 262 g/mol. The van der Waals surface area contributed by atoms with Gasteiger partial charge in [-0.1, -0.05) is 15.9 Å². The SMILES string of the molecule is N#Cc1cc(Br)c(CC(=O)O)c(CO)c1. The molecule has 1 rings (SSSR count). The Labute approximate surface area is 94.9 Å². The van der Waals surface area contributed by atoms with E-state index >= 15 is 0 Å². The number of hydrogen-bond donors (Lipinski definition) is 2. The molecule has 4 nitrogen and oxygen atoms in total. The van der Waals surface area contributed by atoms with Crippen molar-refractivity contribution in [3.05, 3.63) is 33.3 Å². The molecule has 0 radical (unpaired) electrons. The van der Waals surface area contributed by atoms with Crippen molar-refractivity contribution in [3.8, 4) is 6.07 Å². The second kappa shape index (κ2) is 4.91. The number of aliphatic hydroxyl groups is 1. The fourth-order valence-corrected chi connectivity index (χ4v) is 1.89. The van der Waals surface area contributed by atoms with Gasteiger partial charge < -0.3 is 10.2 Å². The first-order valence-corrected chi connectivity index (χ1v) is 4.91. The second-order valence-electron chi connectivity index (χ2n) is 2.94. The highest BCUT2D eigenvalue weighted by Crippen LogP contribution is 2.23. The zero-order valence-corrected chi connectivity index (χ0v) is 9.28. The number of aliphatic carboxylic acids is 1. The molecule has 0 fully saturated rings. The van der Waals surface area contributed by atoms with Crippen LogP contribution in [-0.2, 0) is 17.8 Å². The van der Waals surface area contributed by atoms with Crippen molar-refractivity contribution in [2.24, 2.45) is 0 Å². The quantitative estimate of drug-likeness (QED) is 0.870. The van der Waals surface area contributed by atoms with Gasteiger partial charge in [0.05, 0.1) is 24.7 Å². The molecule has 0 heterocycles. The van der Waals surface area contributed by atoms with Crippen LogP contribution in [0.5, 0.6) is 0 Å². The number of benzene rings is 1. The van der Waals surface area contributed by atoms with Gasteiger partial charge >= 0.3 is 5.97 Å². The predicted octanol–water partition coefficient (Wildman–Crippen LogP) is 1.44. The first-order chi connectivity index (χ1) is 7.08. The van der Waals surface area contributed by atoms with Gasteiger partial charge in [-0.05, 0) is 23.3 Å². The molecule has 0 amide bonds. The summed E-state index contributed by atoms with van der Waals surface area (Å²) in [7, 11) is 0. The smallest absolute Gasteiger partial charge is 0.307 e. The van der Waals surface area contributed by atoms with E-state index in [1.54, 1.807) is 0 Å². The molecular formula is C10H8BrNO3. The zero-order chi connectivity index (χ0) is 11.4. The summed E-state index contributed by atoms with van der Waals surface area (Å²) in [6, 6.07) is 4.96. The van der Waals surface area contributed by atoms with Crippen molar-refractivity contribution in [2.75, 3.05) is 0 Å². The van der Waals surface area contributed by atoms with Gasteiger partial charge in [0, 0.05) is 4.47 Å². The Morgan fingerprint density at radius 3 is 2.67 bits per heavy atom. The molecule has 0 saturated carbocycles. The van der Waals surface area contributed by atoms with Gasteiger partial charge in [0.1, 0.15) is 0 Å². The van der Waals surface area contributed by atoms with Crippen LogP contribution < -0.4 is 0 Å². The third-order valence-electron chi connectivity index (χ3n) is 1.92. The third kappa shape index (κ3) is 2.78. The maximum atomic E-state index is 10.6. The van der Waals surface area contributed by atoms with Gasteiger partial charge in [-0.2, -0.15) is 5.26 Å². The summed E-state index contributed by atoms with van der Waals surface area (Å²) in [6.45, 7) is -0.281. The molecule has 0 unspecified atom stereocenters. The molecule has 0 bridgehead atoms. The molecule has 2 N–H and O–H groups in total. The number of nitriles is 1. The summed E-state index contributed by atoms with van der Waals surface area (Å²) < 4.78 is 0.535. The van der Waals surface area contributed by atoms with Crippen molar-refractivity contribution < 1.29 is 15.0 Å². The third-order valence-corrected chi connectivity index (χ3v) is 2.62. The van der Waals surface area contributed by atoms with Crippen LogP contribution in [0.4, 0.5) is 0 Å². The maximum absolute atomic E-state index is 10.6. The van der Waals surface area contributed by atoms with E-state index in [2.05, 4.69) is 15.9 Å². The van der Waals surface area contributed by atoms with Crippen LogP contribution in [0.1, 0.15) is 16.7 Å². The molecule has 0 spiro atoms. The van der Waals surface area contributed by atoms with E-state index < -0.39 is 5.97 Å². The Balaban J connectivity index is 3.25. The lowest BCUT2D eigenvalue weighted by Gasteiger charge is -2.08. The summed E-state index contributed by atoms with van der Waals surface area (Å²) in [5.74, 6) is -0.977. The largest absolute Gasteiger partial charge is 0.481 e. The zero-order valence-electron chi connectivity index (χ0n) is 7.70. The Morgan fingerprint density at radius 2 is 2.20 bits per heavy atom. The standard InChI is InChI=1S/C10H8BrNO3/c11-9-2-6(4-12)1-7(5-13)8(9)3-10(14)15/h1-2,13H,3,5H2,(H,14,15). The molecule has 1 aromatic rings. The van der Waals surface area contributed by atoms with Crippen LogP contribution in [0.15, 0.2) is 16.6 Å². The van der Waals surface area contributed by atoms with Gasteiger partial charge in [-0.25, -0.2) is 0 Å². The number of carboxylic acids is 1. The first-order valence-electron chi connectivity index (χ1n) is 4.12. The van der Waals surface area contributed by atoms with Crippen molar-refractivity contribution >= 4 is 21.9 Å². The monoisotopic (exact) mass is 269 g/mol. The molecule has 0 aliphatic heterocycles. The van der Waals surface area contributed by atoms with Crippen molar-refractivity contribution in [1.82, 2.24) is 0 Å². The first kappa shape index (κ1) is 11.7. The molecule has 0 atom stereocenters. The number of halogens is 1. The van der Waals surface area contributed by atoms with E-state index in [9.17, 15) is 4.79 Å². The number of nitrogens with zero attached hydrogens (tertiary/aromatic N) is 1. The number of aliphatic hydroxyl groups excluding tert-OH is 1. The molecule has 0 aliphatic rings. The Hall–Kier alpha value is -1.38. The normalized spacial score (nSPS) is 9.67. The van der Waals surface area contributed by atoms with Gasteiger partial charge in [0.25, 0.3) is 0 Å². The molecule has 15 heavy (non-hydrogen) atoms. The van der Waals surface area contributed by atoms with E-state index in [1.807, 2.05) is 6.07 Å². The highest BCUT2D eigenvalue weighted by molar-refractivity contribution is 9.10. The van der Waals surface area contributed by atoms with E-state index in [4.69, 9.17) is 15.5 Å². The molecule has 78 valence electrons. The molecule has 0 aromatic heterocycles. The number of carboxylic acid groups (broad SMARTS) is 1. The van der Waals surface area contributed by atoms with Gasteiger partial charge in [-0.15, -0.1) is 0 Å². The summed E-state index contributed by atoms with van der Waals surface area (Å²) in [5.41, 5.74) is 1.35. The topological polar surface area (TPSA) is 81.3 Å². The van der Waals surface area contributed by atoms with E-state index in [0.717, 1.165) is 0 Å². The predicted molar refractivity (Wildman–Crippen MR) is 56.1 cm³/mol. The average Bonchev–Trinajstić information content (AvgIpc) is 2.20. The Morgan fingerprint density at radius 1 is 1.53 bits per heavy atom. The maximum Gasteiger partial charge on any atom is 0.307 e. The summed E-state index contributed by atoms with van der Waals surface area (Å²) in [5, 5.41) is 26.4. The van der Waals surface area contributed by atoms with Crippen LogP contribution in [0.2, 0.25) is 0 Å². The number of rotatable bonds is 3. The van der Waals surface area contributed by atoms with E-state index in [0.29, 0.717) is 21.2 Å².